The van der Waals surface area contributed by atoms with Crippen LogP contribution in [0.1, 0.15) is 44.6 Å². The highest BCUT2D eigenvalue weighted by Gasteiger charge is 2.21. The molecule has 1 atom stereocenters. The van der Waals surface area contributed by atoms with Crippen LogP contribution < -0.4 is 5.32 Å². The van der Waals surface area contributed by atoms with Gasteiger partial charge in [0.05, 0.1) is 6.04 Å². The van der Waals surface area contributed by atoms with Crippen molar-refractivity contribution in [1.29, 1.82) is 0 Å². The molecule has 0 saturated heterocycles. The van der Waals surface area contributed by atoms with Gasteiger partial charge in [-0.2, -0.15) is 4.98 Å². The number of hydrogen-bond acceptors (Lipinski definition) is 6. The van der Waals surface area contributed by atoms with E-state index in [0.29, 0.717) is 11.7 Å². The first-order valence-corrected chi connectivity index (χ1v) is 8.34. The summed E-state index contributed by atoms with van der Waals surface area (Å²) >= 11 is 0. The van der Waals surface area contributed by atoms with Crippen molar-refractivity contribution >= 4 is 5.82 Å². The van der Waals surface area contributed by atoms with E-state index >= 15 is 0 Å². The van der Waals surface area contributed by atoms with Gasteiger partial charge in [-0.25, -0.2) is 4.98 Å². The lowest BCUT2D eigenvalue weighted by Crippen LogP contribution is -2.19. The molecule has 0 aliphatic carbocycles. The third kappa shape index (κ3) is 4.62. The molecule has 0 aliphatic heterocycles. The van der Waals surface area contributed by atoms with Gasteiger partial charge in [0.15, 0.2) is 5.82 Å². The highest BCUT2D eigenvalue weighted by atomic mass is 16.5. The zero-order valence-electron chi connectivity index (χ0n) is 15.0. The molecule has 0 aliphatic rings. The zero-order valence-corrected chi connectivity index (χ0v) is 15.0. The Morgan fingerprint density at radius 3 is 2.68 bits per heavy atom. The zero-order chi connectivity index (χ0) is 17.9. The molecule has 1 N–H and O–H groups in total. The molecule has 25 heavy (non-hydrogen) atoms. The second-order valence-electron chi connectivity index (χ2n) is 7.32. The summed E-state index contributed by atoms with van der Waals surface area (Å²) in [5.41, 5.74) is 2.14. The van der Waals surface area contributed by atoms with Gasteiger partial charge in [0.25, 0.3) is 5.89 Å². The van der Waals surface area contributed by atoms with E-state index in [4.69, 9.17) is 4.52 Å². The maximum absolute atomic E-state index is 5.25. The molecule has 0 saturated carbocycles. The van der Waals surface area contributed by atoms with Crippen molar-refractivity contribution in [3.05, 3.63) is 54.2 Å². The van der Waals surface area contributed by atoms with E-state index < -0.39 is 0 Å². The minimum atomic E-state index is 0.112. The lowest BCUT2D eigenvalue weighted by atomic mass is 9.86. The Bertz CT molecular complexity index is 823. The van der Waals surface area contributed by atoms with Crippen LogP contribution in [0.25, 0.3) is 11.5 Å². The van der Waals surface area contributed by atoms with Crippen LogP contribution in [0.3, 0.4) is 0 Å². The maximum Gasteiger partial charge on any atom is 0.258 e. The average Bonchev–Trinajstić information content (AvgIpc) is 3.01. The molecule has 0 spiro atoms. The smallest absolute Gasteiger partial charge is 0.258 e. The quantitative estimate of drug-likeness (QED) is 0.742. The Hall–Kier alpha value is -2.76. The van der Waals surface area contributed by atoms with E-state index in [1.165, 1.54) is 0 Å². The Morgan fingerprint density at radius 2 is 2.04 bits per heavy atom. The fourth-order valence-corrected chi connectivity index (χ4v) is 2.68. The summed E-state index contributed by atoms with van der Waals surface area (Å²) in [6.45, 7) is 8.48. The van der Waals surface area contributed by atoms with Crippen LogP contribution in [0.2, 0.25) is 0 Å². The summed E-state index contributed by atoms with van der Waals surface area (Å²) in [5, 5.41) is 7.37. The van der Waals surface area contributed by atoms with Crippen molar-refractivity contribution in [2.24, 2.45) is 5.41 Å². The normalized spacial score (nSPS) is 12.8. The summed E-state index contributed by atoms with van der Waals surface area (Å²) < 4.78 is 5.25. The van der Waals surface area contributed by atoms with Gasteiger partial charge in [-0.1, -0.05) is 32.0 Å². The fraction of sp³-hybridized carbons (Fsp3) is 0.368. The number of pyridine rings is 2. The minimum Gasteiger partial charge on any atom is -0.363 e. The molecule has 0 fully saturated rings. The molecule has 3 aromatic heterocycles. The van der Waals surface area contributed by atoms with Crippen molar-refractivity contribution in [3.8, 4) is 11.5 Å². The molecular formula is C19H23N5O. The Labute approximate surface area is 147 Å². The van der Waals surface area contributed by atoms with E-state index in [9.17, 15) is 0 Å². The monoisotopic (exact) mass is 337 g/mol. The van der Waals surface area contributed by atoms with E-state index in [2.05, 4.69) is 52.3 Å². The molecule has 3 aromatic rings. The van der Waals surface area contributed by atoms with Crippen molar-refractivity contribution in [1.82, 2.24) is 20.1 Å². The van der Waals surface area contributed by atoms with Crippen LogP contribution >= 0.6 is 0 Å². The van der Waals surface area contributed by atoms with E-state index in [1.807, 2.05) is 24.4 Å². The summed E-state index contributed by atoms with van der Waals surface area (Å²) in [6.07, 6.45) is 6.38. The number of hydrogen-bond donors (Lipinski definition) is 1. The predicted molar refractivity (Wildman–Crippen MR) is 96.9 cm³/mol. The maximum atomic E-state index is 5.25. The SMILES string of the molecule is Cc1noc(-c2ccnc(NC(CC(C)(C)C)c3cccnc3)c2)n1. The van der Waals surface area contributed by atoms with Gasteiger partial charge in [0, 0.05) is 24.2 Å². The van der Waals surface area contributed by atoms with Crippen LogP contribution in [0, 0.1) is 12.3 Å². The average molecular weight is 337 g/mol. The first kappa shape index (κ1) is 17.1. The van der Waals surface area contributed by atoms with Crippen molar-refractivity contribution in [2.75, 3.05) is 5.32 Å². The Morgan fingerprint density at radius 1 is 1.20 bits per heavy atom. The molecule has 130 valence electrons. The highest BCUT2D eigenvalue weighted by molar-refractivity contribution is 5.58. The Balaban J connectivity index is 1.87. The largest absolute Gasteiger partial charge is 0.363 e. The molecule has 3 rings (SSSR count). The van der Waals surface area contributed by atoms with Crippen LogP contribution in [0.5, 0.6) is 0 Å². The molecule has 1 unspecified atom stereocenters. The van der Waals surface area contributed by atoms with Crippen molar-refractivity contribution < 1.29 is 4.52 Å². The molecule has 6 nitrogen and oxygen atoms in total. The molecule has 6 heteroatoms. The minimum absolute atomic E-state index is 0.112. The molecule has 0 aromatic carbocycles. The van der Waals surface area contributed by atoms with E-state index in [0.717, 1.165) is 23.4 Å². The first-order chi connectivity index (χ1) is 11.9. The number of rotatable bonds is 5. The van der Waals surface area contributed by atoms with Crippen LogP contribution in [0.4, 0.5) is 5.82 Å². The van der Waals surface area contributed by atoms with Gasteiger partial charge < -0.3 is 9.84 Å². The molecular weight excluding hydrogens is 314 g/mol. The topological polar surface area (TPSA) is 76.7 Å². The lowest BCUT2D eigenvalue weighted by molar-refractivity contribution is 0.352. The van der Waals surface area contributed by atoms with Gasteiger partial charge in [-0.15, -0.1) is 0 Å². The second-order valence-corrected chi connectivity index (χ2v) is 7.32. The summed E-state index contributed by atoms with van der Waals surface area (Å²) in [4.78, 5) is 13.0. The highest BCUT2D eigenvalue weighted by Crippen LogP contribution is 2.32. The van der Waals surface area contributed by atoms with Gasteiger partial charge in [0.2, 0.25) is 0 Å². The number of aromatic nitrogens is 4. The third-order valence-electron chi connectivity index (χ3n) is 3.76. The Kier molecular flexibility index (Phi) is 4.79. The van der Waals surface area contributed by atoms with Crippen LogP contribution in [-0.2, 0) is 0 Å². The third-order valence-corrected chi connectivity index (χ3v) is 3.76. The number of aryl methyl sites for hydroxylation is 1. The van der Waals surface area contributed by atoms with Crippen LogP contribution in [0.15, 0.2) is 47.4 Å². The first-order valence-electron chi connectivity index (χ1n) is 8.34. The fourth-order valence-electron chi connectivity index (χ4n) is 2.68. The molecule has 0 radical (unpaired) electrons. The summed E-state index contributed by atoms with van der Waals surface area (Å²) in [5.74, 6) is 1.88. The standard InChI is InChI=1S/C19H23N5O/c1-13-22-18(25-24-13)14-7-9-21-17(10-14)23-16(11-19(2,3)4)15-6-5-8-20-12-15/h5-10,12,16H,11H2,1-4H3,(H,21,23). The summed E-state index contributed by atoms with van der Waals surface area (Å²) in [7, 11) is 0. The van der Waals surface area contributed by atoms with Gasteiger partial charge in [-0.3, -0.25) is 4.98 Å². The number of anilines is 1. The second kappa shape index (κ2) is 7.01. The van der Waals surface area contributed by atoms with E-state index in [1.54, 1.807) is 19.3 Å². The van der Waals surface area contributed by atoms with Gasteiger partial charge in [-0.05, 0) is 42.5 Å². The van der Waals surface area contributed by atoms with Crippen molar-refractivity contribution in [3.63, 3.8) is 0 Å². The summed E-state index contributed by atoms with van der Waals surface area (Å²) in [6, 6.07) is 7.94. The predicted octanol–water partition coefficient (Wildman–Crippen LogP) is 4.42. The molecule has 0 amide bonds. The molecule has 0 bridgehead atoms. The lowest BCUT2D eigenvalue weighted by Gasteiger charge is -2.27. The van der Waals surface area contributed by atoms with Gasteiger partial charge in [0.1, 0.15) is 5.82 Å². The van der Waals surface area contributed by atoms with Gasteiger partial charge >= 0.3 is 0 Å². The number of nitrogens with one attached hydrogen (secondary N) is 1. The number of nitrogens with zero attached hydrogens (tertiary/aromatic N) is 4. The van der Waals surface area contributed by atoms with E-state index in [-0.39, 0.29) is 11.5 Å². The van der Waals surface area contributed by atoms with Crippen molar-refractivity contribution in [2.45, 2.75) is 40.2 Å². The van der Waals surface area contributed by atoms with Crippen LogP contribution in [-0.4, -0.2) is 20.1 Å². The molecule has 3 heterocycles.